The summed E-state index contributed by atoms with van der Waals surface area (Å²) < 4.78 is 0. The van der Waals surface area contributed by atoms with Gasteiger partial charge in [-0.15, -0.1) is 0 Å². The van der Waals surface area contributed by atoms with Crippen molar-refractivity contribution in [3.63, 3.8) is 0 Å². The molecule has 1 aliphatic heterocycles. The number of nitrogens with zero attached hydrogens (tertiary/aromatic N) is 3. The van der Waals surface area contributed by atoms with E-state index in [4.69, 9.17) is 11.6 Å². The molecular formula is C12H23N7. The Labute approximate surface area is 113 Å². The van der Waals surface area contributed by atoms with Crippen LogP contribution in [0.5, 0.6) is 0 Å². The van der Waals surface area contributed by atoms with Crippen molar-refractivity contribution in [1.29, 1.82) is 0 Å². The van der Waals surface area contributed by atoms with E-state index in [0.717, 1.165) is 31.7 Å². The summed E-state index contributed by atoms with van der Waals surface area (Å²) in [5, 5.41) is 3.41. The topological polar surface area (TPSA) is 105 Å². The van der Waals surface area contributed by atoms with Crippen molar-refractivity contribution >= 4 is 17.6 Å². The Morgan fingerprint density at radius 3 is 2.63 bits per heavy atom. The lowest BCUT2D eigenvalue weighted by molar-refractivity contribution is 0.219. The summed E-state index contributed by atoms with van der Waals surface area (Å²) in [6.45, 7) is 5.67. The zero-order valence-corrected chi connectivity index (χ0v) is 11.4. The van der Waals surface area contributed by atoms with Gasteiger partial charge in [0.2, 0.25) is 5.95 Å². The van der Waals surface area contributed by atoms with Crippen LogP contribution in [0.1, 0.15) is 26.2 Å². The van der Waals surface area contributed by atoms with Crippen LogP contribution in [0.25, 0.3) is 0 Å². The Bertz CT molecular complexity index is 401. The number of nitrogens with two attached hydrogens (primary N) is 2. The van der Waals surface area contributed by atoms with Gasteiger partial charge in [0.05, 0.1) is 0 Å². The minimum absolute atomic E-state index is 0.223. The number of hydrogen-bond acceptors (Lipinski definition) is 7. The van der Waals surface area contributed by atoms with Gasteiger partial charge in [0.1, 0.15) is 11.6 Å². The van der Waals surface area contributed by atoms with E-state index in [0.29, 0.717) is 11.9 Å². The van der Waals surface area contributed by atoms with E-state index in [1.807, 2.05) is 0 Å². The molecule has 0 amide bonds. The molecule has 0 atom stereocenters. The van der Waals surface area contributed by atoms with E-state index in [1.54, 1.807) is 6.07 Å². The number of aromatic nitrogens is 2. The number of likely N-dealkylation sites (tertiary alicyclic amines) is 1. The molecule has 0 aliphatic carbocycles. The van der Waals surface area contributed by atoms with Gasteiger partial charge in [-0.05, 0) is 25.8 Å². The number of nitrogen functional groups attached to an aromatic ring is 2. The van der Waals surface area contributed by atoms with Crippen molar-refractivity contribution in [2.75, 3.05) is 36.1 Å². The van der Waals surface area contributed by atoms with Crippen LogP contribution in [0.2, 0.25) is 0 Å². The monoisotopic (exact) mass is 265 g/mol. The number of hydrazine groups is 1. The second-order valence-electron chi connectivity index (χ2n) is 4.90. The van der Waals surface area contributed by atoms with Crippen LogP contribution in [-0.2, 0) is 0 Å². The molecule has 0 saturated carbocycles. The highest BCUT2D eigenvalue weighted by Gasteiger charge is 2.18. The lowest BCUT2D eigenvalue weighted by Crippen LogP contribution is -2.39. The fraction of sp³-hybridized carbons (Fsp3) is 0.667. The van der Waals surface area contributed by atoms with Crippen molar-refractivity contribution in [3.8, 4) is 0 Å². The van der Waals surface area contributed by atoms with Gasteiger partial charge in [-0.2, -0.15) is 9.97 Å². The van der Waals surface area contributed by atoms with Gasteiger partial charge < -0.3 is 21.4 Å². The highest BCUT2D eigenvalue weighted by atomic mass is 15.3. The Morgan fingerprint density at radius 1 is 1.32 bits per heavy atom. The van der Waals surface area contributed by atoms with E-state index in [9.17, 15) is 0 Å². The van der Waals surface area contributed by atoms with E-state index in [1.165, 1.54) is 13.0 Å². The summed E-state index contributed by atoms with van der Waals surface area (Å²) in [6.07, 6.45) is 3.46. The molecule has 0 aromatic carbocycles. The zero-order chi connectivity index (χ0) is 13.7. The minimum Gasteiger partial charge on any atom is -0.368 e. The Balaban J connectivity index is 1.90. The summed E-state index contributed by atoms with van der Waals surface area (Å²) in [7, 11) is 0. The third kappa shape index (κ3) is 3.93. The third-order valence-corrected chi connectivity index (χ3v) is 3.37. The van der Waals surface area contributed by atoms with E-state index in [-0.39, 0.29) is 5.95 Å². The number of nitrogens with one attached hydrogen (secondary N) is 2. The summed E-state index contributed by atoms with van der Waals surface area (Å²) in [4.78, 5) is 10.6. The molecule has 2 heterocycles. The van der Waals surface area contributed by atoms with Gasteiger partial charge in [-0.3, -0.25) is 0 Å². The summed E-state index contributed by atoms with van der Waals surface area (Å²) in [6, 6.07) is 2.21. The smallest absolute Gasteiger partial charge is 0.223 e. The van der Waals surface area contributed by atoms with Crippen molar-refractivity contribution in [2.45, 2.75) is 32.2 Å². The summed E-state index contributed by atoms with van der Waals surface area (Å²) in [5.74, 6) is 6.82. The second-order valence-corrected chi connectivity index (χ2v) is 4.90. The number of rotatable bonds is 5. The van der Waals surface area contributed by atoms with Crippen LogP contribution >= 0.6 is 0 Å². The Morgan fingerprint density at radius 2 is 2.00 bits per heavy atom. The quantitative estimate of drug-likeness (QED) is 0.457. The van der Waals surface area contributed by atoms with Gasteiger partial charge in [0.15, 0.2) is 0 Å². The fourth-order valence-corrected chi connectivity index (χ4v) is 2.44. The number of anilines is 3. The molecule has 7 nitrogen and oxygen atoms in total. The molecule has 1 aromatic rings. The molecule has 0 bridgehead atoms. The van der Waals surface area contributed by atoms with Crippen LogP contribution in [0, 0.1) is 0 Å². The van der Waals surface area contributed by atoms with Crippen LogP contribution in [-0.4, -0.2) is 40.5 Å². The van der Waals surface area contributed by atoms with Gasteiger partial charge in [0, 0.05) is 25.2 Å². The maximum Gasteiger partial charge on any atom is 0.223 e. The van der Waals surface area contributed by atoms with Gasteiger partial charge in [-0.1, -0.05) is 6.92 Å². The molecule has 0 spiro atoms. The molecule has 1 fully saturated rings. The maximum atomic E-state index is 5.64. The van der Waals surface area contributed by atoms with Crippen LogP contribution in [0.4, 0.5) is 17.6 Å². The zero-order valence-electron chi connectivity index (χ0n) is 11.4. The molecule has 19 heavy (non-hydrogen) atoms. The first-order chi connectivity index (χ1) is 9.21. The second kappa shape index (κ2) is 6.53. The number of hydrogen-bond donors (Lipinski definition) is 4. The van der Waals surface area contributed by atoms with Gasteiger partial charge in [-0.25, -0.2) is 5.84 Å². The van der Waals surface area contributed by atoms with Gasteiger partial charge >= 0.3 is 0 Å². The average Bonchev–Trinajstić information content (AvgIpc) is 2.40. The van der Waals surface area contributed by atoms with Crippen molar-refractivity contribution in [2.24, 2.45) is 5.84 Å². The normalized spacial score (nSPS) is 17.4. The minimum atomic E-state index is 0.223. The number of piperidine rings is 1. The molecule has 1 saturated heterocycles. The van der Waals surface area contributed by atoms with E-state index in [2.05, 4.69) is 32.5 Å². The highest BCUT2D eigenvalue weighted by molar-refractivity contribution is 5.50. The predicted molar refractivity (Wildman–Crippen MR) is 77.6 cm³/mol. The van der Waals surface area contributed by atoms with Gasteiger partial charge in [0.25, 0.3) is 0 Å². The van der Waals surface area contributed by atoms with E-state index < -0.39 is 0 Å². The first-order valence-electron chi connectivity index (χ1n) is 6.81. The predicted octanol–water partition coefficient (Wildman–Crippen LogP) is 0.631. The fourth-order valence-electron chi connectivity index (χ4n) is 2.44. The molecule has 0 unspecified atom stereocenters. The van der Waals surface area contributed by atoms with Crippen molar-refractivity contribution in [1.82, 2.24) is 14.9 Å². The molecule has 0 radical (unpaired) electrons. The molecule has 106 valence electrons. The van der Waals surface area contributed by atoms with Crippen LogP contribution in [0.15, 0.2) is 6.07 Å². The Kier molecular flexibility index (Phi) is 4.75. The molecule has 2 rings (SSSR count). The summed E-state index contributed by atoms with van der Waals surface area (Å²) in [5.41, 5.74) is 8.13. The first-order valence-corrected chi connectivity index (χ1v) is 6.81. The molecule has 1 aromatic heterocycles. The highest BCUT2D eigenvalue weighted by Crippen LogP contribution is 2.17. The lowest BCUT2D eigenvalue weighted by Gasteiger charge is -2.32. The van der Waals surface area contributed by atoms with Crippen molar-refractivity contribution < 1.29 is 0 Å². The third-order valence-electron chi connectivity index (χ3n) is 3.37. The summed E-state index contributed by atoms with van der Waals surface area (Å²) >= 11 is 0. The Hall–Kier alpha value is -1.60. The maximum absolute atomic E-state index is 5.64. The SMILES string of the molecule is CCCN1CCC(Nc2cc(NN)nc(N)n2)CC1. The molecular weight excluding hydrogens is 242 g/mol. The molecule has 1 aliphatic rings. The van der Waals surface area contributed by atoms with Crippen LogP contribution in [0.3, 0.4) is 0 Å². The first kappa shape index (κ1) is 13.8. The largest absolute Gasteiger partial charge is 0.368 e. The average molecular weight is 265 g/mol. The molecule has 6 N–H and O–H groups in total. The standard InChI is InChI=1S/C12H23N7/c1-2-5-19-6-3-9(4-7-19)15-10-8-11(18-14)17-12(13)16-10/h8-9H,2-7,14H2,1H3,(H4,13,15,16,17,18). The van der Waals surface area contributed by atoms with Crippen LogP contribution < -0.4 is 22.3 Å². The van der Waals surface area contributed by atoms with Crippen molar-refractivity contribution in [3.05, 3.63) is 6.07 Å². The molecule has 7 heteroatoms. The van der Waals surface area contributed by atoms with E-state index >= 15 is 0 Å². The lowest BCUT2D eigenvalue weighted by atomic mass is 10.0.